The van der Waals surface area contributed by atoms with E-state index in [0.29, 0.717) is 13.1 Å². The van der Waals surface area contributed by atoms with E-state index >= 15 is 0 Å². The minimum absolute atomic E-state index is 0.272. The quantitative estimate of drug-likeness (QED) is 0.801. The molecule has 1 aromatic heterocycles. The number of furan rings is 1. The first-order valence-corrected chi connectivity index (χ1v) is 6.34. The minimum atomic E-state index is -0.545. The van der Waals surface area contributed by atoms with Crippen LogP contribution in [-0.2, 0) is 6.54 Å². The maximum atomic E-state index is 9.78. The van der Waals surface area contributed by atoms with E-state index < -0.39 is 6.10 Å². The van der Waals surface area contributed by atoms with Crippen LogP contribution in [-0.4, -0.2) is 24.4 Å². The topological polar surface area (TPSA) is 54.6 Å². The molecule has 1 unspecified atom stereocenters. The van der Waals surface area contributed by atoms with Crippen LogP contribution in [0, 0.1) is 6.92 Å². The summed E-state index contributed by atoms with van der Waals surface area (Å²) in [6.07, 6.45) is 1.09. The lowest BCUT2D eigenvalue weighted by molar-refractivity contribution is 0.105. The van der Waals surface area contributed by atoms with Gasteiger partial charge in [0.15, 0.2) is 0 Å². The summed E-state index contributed by atoms with van der Waals surface area (Å²) < 4.78 is 10.7. The van der Waals surface area contributed by atoms with E-state index in [9.17, 15) is 5.11 Å². The Balaban J connectivity index is 1.64. The molecule has 0 saturated carbocycles. The van der Waals surface area contributed by atoms with Crippen molar-refractivity contribution in [3.8, 4) is 5.75 Å². The first-order chi connectivity index (χ1) is 9.24. The fraction of sp³-hybridized carbons (Fsp3) is 0.333. The second kappa shape index (κ2) is 6.97. The summed E-state index contributed by atoms with van der Waals surface area (Å²) in [4.78, 5) is 0. The number of hydrogen-bond donors (Lipinski definition) is 2. The number of aliphatic hydroxyl groups excluding tert-OH is 1. The molecule has 2 aromatic rings. The van der Waals surface area contributed by atoms with Gasteiger partial charge in [-0.15, -0.1) is 0 Å². The molecule has 2 N–H and O–H groups in total. The standard InChI is InChI=1S/C15H19NO3/c1-12-4-6-14(7-5-12)19-11-13(17)9-16-10-15-3-2-8-18-15/h2-8,13,16-17H,9-11H2,1H3. The van der Waals surface area contributed by atoms with Crippen molar-refractivity contribution in [3.63, 3.8) is 0 Å². The monoisotopic (exact) mass is 261 g/mol. The molecule has 102 valence electrons. The molecule has 0 amide bonds. The Hall–Kier alpha value is -1.78. The summed E-state index contributed by atoms with van der Waals surface area (Å²) in [7, 11) is 0. The number of hydrogen-bond acceptors (Lipinski definition) is 4. The number of aliphatic hydroxyl groups is 1. The van der Waals surface area contributed by atoms with Crippen molar-refractivity contribution in [3.05, 3.63) is 54.0 Å². The van der Waals surface area contributed by atoms with Crippen LogP contribution in [0.3, 0.4) is 0 Å². The average molecular weight is 261 g/mol. The molecular weight excluding hydrogens is 242 g/mol. The molecule has 0 fully saturated rings. The summed E-state index contributed by atoms with van der Waals surface area (Å²) in [6.45, 7) is 3.37. The van der Waals surface area contributed by atoms with E-state index in [4.69, 9.17) is 9.15 Å². The van der Waals surface area contributed by atoms with E-state index in [2.05, 4.69) is 5.32 Å². The van der Waals surface area contributed by atoms with Crippen LogP contribution in [0.25, 0.3) is 0 Å². The van der Waals surface area contributed by atoms with Gasteiger partial charge in [-0.1, -0.05) is 17.7 Å². The summed E-state index contributed by atoms with van der Waals surface area (Å²) in [5.74, 6) is 1.63. The van der Waals surface area contributed by atoms with E-state index in [-0.39, 0.29) is 6.61 Å². The zero-order chi connectivity index (χ0) is 13.5. The van der Waals surface area contributed by atoms with Gasteiger partial charge in [-0.25, -0.2) is 0 Å². The summed E-state index contributed by atoms with van der Waals surface area (Å²) >= 11 is 0. The van der Waals surface area contributed by atoms with Crippen LogP contribution >= 0.6 is 0 Å². The molecule has 0 radical (unpaired) electrons. The third-order valence-corrected chi connectivity index (χ3v) is 2.72. The number of ether oxygens (including phenoxy) is 1. The molecular formula is C15H19NO3. The largest absolute Gasteiger partial charge is 0.491 e. The smallest absolute Gasteiger partial charge is 0.119 e. The Kier molecular flexibility index (Phi) is 5.01. The van der Waals surface area contributed by atoms with Crippen LogP contribution in [0.4, 0.5) is 0 Å². The van der Waals surface area contributed by atoms with Gasteiger partial charge in [0.25, 0.3) is 0 Å². The lowest BCUT2D eigenvalue weighted by atomic mass is 10.2. The Morgan fingerprint density at radius 2 is 2.05 bits per heavy atom. The SMILES string of the molecule is Cc1ccc(OCC(O)CNCc2ccco2)cc1. The van der Waals surface area contributed by atoms with Gasteiger partial charge in [0, 0.05) is 6.54 Å². The van der Waals surface area contributed by atoms with Crippen molar-refractivity contribution in [2.24, 2.45) is 0 Å². The number of nitrogens with one attached hydrogen (secondary N) is 1. The van der Waals surface area contributed by atoms with E-state index in [0.717, 1.165) is 11.5 Å². The summed E-state index contributed by atoms with van der Waals surface area (Å²) in [5.41, 5.74) is 1.19. The average Bonchev–Trinajstić information content (AvgIpc) is 2.91. The highest BCUT2D eigenvalue weighted by Crippen LogP contribution is 2.11. The Morgan fingerprint density at radius 1 is 1.26 bits per heavy atom. The Labute approximate surface area is 113 Å². The highest BCUT2D eigenvalue weighted by Gasteiger charge is 2.05. The predicted molar refractivity (Wildman–Crippen MR) is 73.1 cm³/mol. The maximum absolute atomic E-state index is 9.78. The molecule has 2 rings (SSSR count). The maximum Gasteiger partial charge on any atom is 0.119 e. The van der Waals surface area contributed by atoms with Gasteiger partial charge in [-0.2, -0.15) is 0 Å². The molecule has 0 saturated heterocycles. The third-order valence-electron chi connectivity index (χ3n) is 2.72. The van der Waals surface area contributed by atoms with Crippen molar-refractivity contribution in [2.45, 2.75) is 19.6 Å². The van der Waals surface area contributed by atoms with Crippen LogP contribution in [0.15, 0.2) is 47.1 Å². The molecule has 1 atom stereocenters. The van der Waals surface area contributed by atoms with Crippen LogP contribution in [0.2, 0.25) is 0 Å². The lowest BCUT2D eigenvalue weighted by Crippen LogP contribution is -2.31. The summed E-state index contributed by atoms with van der Waals surface area (Å²) in [6, 6.07) is 11.5. The fourth-order valence-corrected chi connectivity index (χ4v) is 1.66. The molecule has 0 aliphatic rings. The zero-order valence-corrected chi connectivity index (χ0v) is 11.0. The molecule has 0 aliphatic carbocycles. The molecule has 1 aromatic carbocycles. The second-order valence-electron chi connectivity index (χ2n) is 4.49. The first-order valence-electron chi connectivity index (χ1n) is 6.34. The predicted octanol–water partition coefficient (Wildman–Crippen LogP) is 2.12. The lowest BCUT2D eigenvalue weighted by Gasteiger charge is -2.13. The second-order valence-corrected chi connectivity index (χ2v) is 4.49. The van der Waals surface area contributed by atoms with Crippen LogP contribution < -0.4 is 10.1 Å². The number of rotatable bonds is 7. The van der Waals surface area contributed by atoms with Gasteiger partial charge < -0.3 is 19.6 Å². The normalized spacial score (nSPS) is 12.3. The van der Waals surface area contributed by atoms with E-state index in [1.54, 1.807) is 6.26 Å². The van der Waals surface area contributed by atoms with E-state index in [1.165, 1.54) is 5.56 Å². The number of aryl methyl sites for hydroxylation is 1. The van der Waals surface area contributed by atoms with Crippen LogP contribution in [0.1, 0.15) is 11.3 Å². The van der Waals surface area contributed by atoms with Gasteiger partial charge >= 0.3 is 0 Å². The first kappa shape index (κ1) is 13.6. The molecule has 0 spiro atoms. The van der Waals surface area contributed by atoms with Gasteiger partial charge in [-0.3, -0.25) is 0 Å². The fourth-order valence-electron chi connectivity index (χ4n) is 1.66. The Morgan fingerprint density at radius 3 is 2.74 bits per heavy atom. The van der Waals surface area contributed by atoms with Crippen molar-refractivity contribution < 1.29 is 14.3 Å². The van der Waals surface area contributed by atoms with Crippen molar-refractivity contribution in [2.75, 3.05) is 13.2 Å². The molecule has 0 aliphatic heterocycles. The van der Waals surface area contributed by atoms with Gasteiger partial charge in [0.2, 0.25) is 0 Å². The molecule has 0 bridgehead atoms. The highest BCUT2D eigenvalue weighted by molar-refractivity contribution is 5.26. The number of benzene rings is 1. The third kappa shape index (κ3) is 4.77. The minimum Gasteiger partial charge on any atom is -0.491 e. The van der Waals surface area contributed by atoms with Crippen molar-refractivity contribution in [1.29, 1.82) is 0 Å². The molecule has 19 heavy (non-hydrogen) atoms. The van der Waals surface area contributed by atoms with Gasteiger partial charge in [-0.05, 0) is 31.2 Å². The molecule has 4 heteroatoms. The van der Waals surface area contributed by atoms with Gasteiger partial charge in [0.1, 0.15) is 24.2 Å². The summed E-state index contributed by atoms with van der Waals surface area (Å²) in [5, 5.41) is 12.9. The molecule has 4 nitrogen and oxygen atoms in total. The van der Waals surface area contributed by atoms with Gasteiger partial charge in [0.05, 0.1) is 12.8 Å². The highest BCUT2D eigenvalue weighted by atomic mass is 16.5. The van der Waals surface area contributed by atoms with Crippen molar-refractivity contribution in [1.82, 2.24) is 5.32 Å². The van der Waals surface area contributed by atoms with E-state index in [1.807, 2.05) is 43.3 Å². The zero-order valence-electron chi connectivity index (χ0n) is 11.0. The van der Waals surface area contributed by atoms with Crippen molar-refractivity contribution >= 4 is 0 Å². The molecule has 1 heterocycles. The Bertz CT molecular complexity index is 465. The van der Waals surface area contributed by atoms with Crippen LogP contribution in [0.5, 0.6) is 5.75 Å².